The van der Waals surface area contributed by atoms with Crippen molar-refractivity contribution in [3.05, 3.63) is 66.4 Å². The molecule has 1 atom stereocenters. The van der Waals surface area contributed by atoms with Gasteiger partial charge in [-0.2, -0.15) is 18.3 Å². The van der Waals surface area contributed by atoms with E-state index in [0.717, 1.165) is 24.1 Å². The Morgan fingerprint density at radius 2 is 2.06 bits per heavy atom. The number of rotatable bonds is 8. The average Bonchev–Trinajstić information content (AvgIpc) is 2.74. The zero-order valence-corrected chi connectivity index (χ0v) is 18.0. The minimum absolute atomic E-state index is 0.0375. The second kappa shape index (κ2) is 9.47. The molecule has 2 aliphatic heterocycles. The van der Waals surface area contributed by atoms with Crippen molar-refractivity contribution in [2.45, 2.75) is 31.5 Å². The summed E-state index contributed by atoms with van der Waals surface area (Å²) in [6.45, 7) is 11.3. The molecule has 2 aliphatic rings. The van der Waals surface area contributed by atoms with Gasteiger partial charge in [0.15, 0.2) is 0 Å². The Kier molecular flexibility index (Phi) is 6.93. The number of hydrogen-bond acceptors (Lipinski definition) is 7. The van der Waals surface area contributed by atoms with E-state index in [-0.39, 0.29) is 11.7 Å². The van der Waals surface area contributed by atoms with Crippen molar-refractivity contribution in [3.63, 3.8) is 0 Å². The van der Waals surface area contributed by atoms with Gasteiger partial charge in [-0.3, -0.25) is 5.01 Å². The fraction of sp³-hybridized carbons (Fsp3) is 0.364. The summed E-state index contributed by atoms with van der Waals surface area (Å²) in [4.78, 5) is 6.62. The van der Waals surface area contributed by atoms with Gasteiger partial charge in [0.2, 0.25) is 0 Å². The highest BCUT2D eigenvalue weighted by Gasteiger charge is 2.31. The van der Waals surface area contributed by atoms with E-state index in [1.54, 1.807) is 30.4 Å². The second-order valence-electron chi connectivity index (χ2n) is 7.65. The Morgan fingerprint density at radius 1 is 1.31 bits per heavy atom. The summed E-state index contributed by atoms with van der Waals surface area (Å²) in [6.07, 6.45) is 1.44. The molecule has 3 rings (SSSR count). The molecule has 10 heteroatoms. The van der Waals surface area contributed by atoms with Gasteiger partial charge in [0.1, 0.15) is 18.2 Å². The molecule has 0 spiro atoms. The maximum absolute atomic E-state index is 12.6. The standard InChI is InChI=1S/C22H28F3N7/c1-14(27-13-22(23,24)25)19-8-6-17-5-7-18(9-11-26)32(21(17)30-19)16(3)29-20-10-12-28-31(4)15(20)2/h6,8,10,12,18,27,29H,1-3,5,7,9,11,13,26H2,4H3/t18-/m1/s1. The molecular formula is C22H28F3N7. The molecule has 0 fully saturated rings. The lowest BCUT2D eigenvalue weighted by Gasteiger charge is -2.40. The number of aromatic nitrogens is 1. The zero-order chi connectivity index (χ0) is 23.5. The van der Waals surface area contributed by atoms with Crippen molar-refractivity contribution in [1.82, 2.24) is 20.6 Å². The predicted octanol–water partition coefficient (Wildman–Crippen LogP) is 3.06. The maximum Gasteiger partial charge on any atom is 0.405 e. The molecule has 4 N–H and O–H groups in total. The van der Waals surface area contributed by atoms with E-state index in [2.05, 4.69) is 40.5 Å². The van der Waals surface area contributed by atoms with E-state index < -0.39 is 12.7 Å². The minimum atomic E-state index is -4.35. The van der Waals surface area contributed by atoms with Crippen LogP contribution in [0, 0.1) is 0 Å². The van der Waals surface area contributed by atoms with Gasteiger partial charge in [-0.1, -0.05) is 25.8 Å². The van der Waals surface area contributed by atoms with Gasteiger partial charge < -0.3 is 21.3 Å². The molecule has 0 saturated heterocycles. The Morgan fingerprint density at radius 3 is 2.75 bits per heavy atom. The van der Waals surface area contributed by atoms with Crippen molar-refractivity contribution in [1.29, 1.82) is 0 Å². The van der Waals surface area contributed by atoms with Gasteiger partial charge in [0.25, 0.3) is 0 Å². The molecule has 7 nitrogen and oxygen atoms in total. The van der Waals surface area contributed by atoms with E-state index in [9.17, 15) is 13.2 Å². The smallest absolute Gasteiger partial charge is 0.375 e. The van der Waals surface area contributed by atoms with Crippen molar-refractivity contribution >= 4 is 17.7 Å². The molecule has 0 aromatic carbocycles. The molecule has 0 amide bonds. The van der Waals surface area contributed by atoms with Gasteiger partial charge in [0.05, 0.1) is 22.8 Å². The third-order valence-electron chi connectivity index (χ3n) is 5.36. The molecule has 0 bridgehead atoms. The highest BCUT2D eigenvalue weighted by molar-refractivity contribution is 5.75. The van der Waals surface area contributed by atoms with Crippen LogP contribution in [0.25, 0.3) is 5.70 Å². The Balaban J connectivity index is 1.89. The number of alkyl halides is 3. The normalized spacial score (nSPS) is 18.2. The lowest BCUT2D eigenvalue weighted by molar-refractivity contribution is -0.122. The van der Waals surface area contributed by atoms with Crippen LogP contribution >= 0.6 is 0 Å². The van der Waals surface area contributed by atoms with Crippen LogP contribution in [0.1, 0.15) is 24.1 Å². The zero-order valence-electron chi connectivity index (χ0n) is 18.0. The highest BCUT2D eigenvalue weighted by Crippen LogP contribution is 2.34. The lowest BCUT2D eigenvalue weighted by Crippen LogP contribution is -2.44. The van der Waals surface area contributed by atoms with Crippen LogP contribution in [0.15, 0.2) is 60.3 Å². The van der Waals surface area contributed by atoms with E-state index in [1.807, 2.05) is 11.0 Å². The number of pyridine rings is 1. The van der Waals surface area contributed by atoms with E-state index in [4.69, 9.17) is 5.73 Å². The van der Waals surface area contributed by atoms with E-state index in [0.29, 0.717) is 36.0 Å². The largest absolute Gasteiger partial charge is 0.405 e. The van der Waals surface area contributed by atoms with Crippen molar-refractivity contribution < 1.29 is 13.2 Å². The van der Waals surface area contributed by atoms with Crippen LogP contribution < -0.4 is 21.3 Å². The third-order valence-corrected chi connectivity index (χ3v) is 5.36. The number of allylic oxidation sites excluding steroid dienone is 1. The number of halogens is 3. The SMILES string of the molecule is C=C(NCC(F)(F)F)c1ccc2c(n1)N(C(=C)NC1=CC=NN(C)C1=C)[C@@H](CCN)CC2. The van der Waals surface area contributed by atoms with Crippen molar-refractivity contribution in [3.8, 4) is 0 Å². The van der Waals surface area contributed by atoms with Crippen molar-refractivity contribution in [2.24, 2.45) is 10.8 Å². The first-order valence-corrected chi connectivity index (χ1v) is 10.2. The number of likely N-dealkylation sites (N-methyl/N-ethyl adjacent to an activating group) is 1. The average molecular weight is 448 g/mol. The summed E-state index contributed by atoms with van der Waals surface area (Å²) in [7, 11) is 1.79. The van der Waals surface area contributed by atoms with E-state index in [1.165, 1.54) is 0 Å². The first-order valence-electron chi connectivity index (χ1n) is 10.2. The summed E-state index contributed by atoms with van der Waals surface area (Å²) in [6, 6.07) is 3.59. The molecule has 0 radical (unpaired) electrons. The minimum Gasteiger partial charge on any atom is -0.375 e. The van der Waals surface area contributed by atoms with Gasteiger partial charge in [-0.15, -0.1) is 0 Å². The number of nitrogens with one attached hydrogen (secondary N) is 2. The number of anilines is 1. The summed E-state index contributed by atoms with van der Waals surface area (Å²) in [5.74, 6) is 1.20. The van der Waals surface area contributed by atoms with Crippen molar-refractivity contribution in [2.75, 3.05) is 25.0 Å². The number of hydrogen-bond donors (Lipinski definition) is 3. The molecule has 1 aromatic rings. The first kappa shape index (κ1) is 23.4. The second-order valence-corrected chi connectivity index (χ2v) is 7.65. The van der Waals surface area contributed by atoms with Gasteiger partial charge >= 0.3 is 6.18 Å². The predicted molar refractivity (Wildman–Crippen MR) is 121 cm³/mol. The summed E-state index contributed by atoms with van der Waals surface area (Å²) in [5, 5.41) is 11.4. The molecule has 1 aromatic heterocycles. The number of aryl methyl sites for hydroxylation is 1. The molecule has 172 valence electrons. The van der Waals surface area contributed by atoms with Crippen LogP contribution in [0.3, 0.4) is 0 Å². The summed E-state index contributed by atoms with van der Waals surface area (Å²) in [5.41, 5.74) is 8.67. The number of hydrazone groups is 1. The van der Waals surface area contributed by atoms with Crippen LogP contribution in [-0.4, -0.2) is 48.6 Å². The number of fused-ring (bicyclic) bond motifs is 1. The summed E-state index contributed by atoms with van der Waals surface area (Å²) < 4.78 is 37.8. The fourth-order valence-corrected chi connectivity index (χ4v) is 3.66. The van der Waals surface area contributed by atoms with Gasteiger partial charge in [-0.25, -0.2) is 4.98 Å². The molecule has 0 aliphatic carbocycles. The van der Waals surface area contributed by atoms with Gasteiger partial charge in [-0.05, 0) is 43.5 Å². The maximum atomic E-state index is 12.6. The van der Waals surface area contributed by atoms with Crippen LogP contribution in [0.2, 0.25) is 0 Å². The Bertz CT molecular complexity index is 965. The number of nitrogens with two attached hydrogens (primary N) is 1. The van der Waals surface area contributed by atoms with Crippen LogP contribution in [0.5, 0.6) is 0 Å². The quantitative estimate of drug-likeness (QED) is 0.568. The highest BCUT2D eigenvalue weighted by atomic mass is 19.4. The molecule has 3 heterocycles. The topological polar surface area (TPSA) is 81.8 Å². The molecule has 32 heavy (non-hydrogen) atoms. The lowest BCUT2D eigenvalue weighted by atomic mass is 9.96. The monoisotopic (exact) mass is 447 g/mol. The molecule has 0 unspecified atom stereocenters. The third kappa shape index (κ3) is 5.31. The Labute approximate surface area is 185 Å². The molecular weight excluding hydrogens is 419 g/mol. The van der Waals surface area contributed by atoms with Crippen LogP contribution in [-0.2, 0) is 6.42 Å². The molecule has 0 saturated carbocycles. The number of nitrogens with zero attached hydrogens (tertiary/aromatic N) is 4. The first-order chi connectivity index (χ1) is 15.1. The van der Waals surface area contributed by atoms with Crippen LogP contribution in [0.4, 0.5) is 19.0 Å². The van der Waals surface area contributed by atoms with Gasteiger partial charge in [0, 0.05) is 19.3 Å². The fourth-order valence-electron chi connectivity index (χ4n) is 3.66. The Hall–Kier alpha value is -3.27. The van der Waals surface area contributed by atoms with E-state index >= 15 is 0 Å². The summed E-state index contributed by atoms with van der Waals surface area (Å²) >= 11 is 0.